The predicted octanol–water partition coefficient (Wildman–Crippen LogP) is 4.18. The molecule has 2 aromatic carbocycles. The fraction of sp³-hybridized carbons (Fsp3) is 0.348. The molecule has 3 rings (SSSR count). The first kappa shape index (κ1) is 20.9. The van der Waals surface area contributed by atoms with E-state index in [2.05, 4.69) is 36.0 Å². The van der Waals surface area contributed by atoms with Crippen molar-refractivity contribution in [3.05, 3.63) is 59.8 Å². The number of nitrogens with zero attached hydrogens (tertiary/aromatic N) is 2. The molecule has 0 unspecified atom stereocenters. The zero-order chi connectivity index (χ0) is 20.9. The van der Waals surface area contributed by atoms with E-state index in [9.17, 15) is 8.42 Å². The van der Waals surface area contributed by atoms with E-state index in [1.165, 1.54) is 11.8 Å². The van der Waals surface area contributed by atoms with Gasteiger partial charge in [-0.3, -0.25) is 4.68 Å². The molecule has 1 atom stereocenters. The SMILES string of the molecule is CC#C[C@@H](CC)c1ccc(OCc2ccc3c(cnn3CCS(C)(=O)=O)c2)cc1. The lowest BCUT2D eigenvalue weighted by Gasteiger charge is -2.11. The summed E-state index contributed by atoms with van der Waals surface area (Å²) in [6, 6.07) is 14.1. The summed E-state index contributed by atoms with van der Waals surface area (Å²) in [5.41, 5.74) is 3.16. The summed E-state index contributed by atoms with van der Waals surface area (Å²) in [4.78, 5) is 0. The second kappa shape index (κ2) is 9.15. The maximum Gasteiger partial charge on any atom is 0.149 e. The minimum atomic E-state index is -3.02. The van der Waals surface area contributed by atoms with Crippen molar-refractivity contribution in [2.24, 2.45) is 0 Å². The Bertz CT molecular complexity index is 1140. The first-order valence-electron chi connectivity index (χ1n) is 9.67. The second-order valence-corrected chi connectivity index (χ2v) is 9.36. The second-order valence-electron chi connectivity index (χ2n) is 7.10. The number of hydrogen-bond donors (Lipinski definition) is 0. The molecule has 0 N–H and O–H groups in total. The zero-order valence-corrected chi connectivity index (χ0v) is 17.9. The van der Waals surface area contributed by atoms with Crippen LogP contribution in [-0.2, 0) is 23.0 Å². The van der Waals surface area contributed by atoms with Gasteiger partial charge in [-0.2, -0.15) is 5.10 Å². The van der Waals surface area contributed by atoms with Gasteiger partial charge in [-0.15, -0.1) is 5.92 Å². The van der Waals surface area contributed by atoms with E-state index >= 15 is 0 Å². The summed E-state index contributed by atoms with van der Waals surface area (Å²) in [5, 5.41) is 5.28. The van der Waals surface area contributed by atoms with Crippen LogP contribution < -0.4 is 4.74 Å². The first-order valence-corrected chi connectivity index (χ1v) is 11.7. The average molecular weight is 411 g/mol. The van der Waals surface area contributed by atoms with Gasteiger partial charge in [0.1, 0.15) is 22.2 Å². The Balaban J connectivity index is 1.65. The highest BCUT2D eigenvalue weighted by Gasteiger charge is 2.09. The maximum absolute atomic E-state index is 11.4. The van der Waals surface area contributed by atoms with E-state index in [1.54, 1.807) is 10.9 Å². The number of aryl methyl sites for hydroxylation is 1. The monoisotopic (exact) mass is 410 g/mol. The Labute approximate surface area is 172 Å². The van der Waals surface area contributed by atoms with Gasteiger partial charge < -0.3 is 4.74 Å². The predicted molar refractivity (Wildman–Crippen MR) is 117 cm³/mol. The van der Waals surface area contributed by atoms with Gasteiger partial charge >= 0.3 is 0 Å². The van der Waals surface area contributed by atoms with Crippen LogP contribution >= 0.6 is 0 Å². The molecule has 0 fully saturated rings. The van der Waals surface area contributed by atoms with Gasteiger partial charge in [0.25, 0.3) is 0 Å². The zero-order valence-electron chi connectivity index (χ0n) is 17.1. The first-order chi connectivity index (χ1) is 13.9. The summed E-state index contributed by atoms with van der Waals surface area (Å²) in [5.74, 6) is 7.38. The Morgan fingerprint density at radius 3 is 2.59 bits per heavy atom. The number of aromatic nitrogens is 2. The van der Waals surface area contributed by atoms with Gasteiger partial charge in [-0.25, -0.2) is 8.42 Å². The van der Waals surface area contributed by atoms with Crippen molar-refractivity contribution in [1.29, 1.82) is 0 Å². The highest BCUT2D eigenvalue weighted by atomic mass is 32.2. The normalized spacial score (nSPS) is 12.4. The number of ether oxygens (including phenoxy) is 1. The molecular weight excluding hydrogens is 384 g/mol. The molecule has 1 heterocycles. The van der Waals surface area contributed by atoms with E-state index in [1.807, 2.05) is 37.3 Å². The largest absolute Gasteiger partial charge is 0.489 e. The van der Waals surface area contributed by atoms with Crippen molar-refractivity contribution in [2.45, 2.75) is 39.3 Å². The van der Waals surface area contributed by atoms with E-state index in [-0.39, 0.29) is 11.7 Å². The number of benzene rings is 2. The third kappa shape index (κ3) is 5.61. The van der Waals surface area contributed by atoms with Gasteiger partial charge in [0.05, 0.1) is 24.0 Å². The molecule has 0 radical (unpaired) electrons. The van der Waals surface area contributed by atoms with Crippen molar-refractivity contribution in [3.8, 4) is 17.6 Å². The molecule has 0 amide bonds. The third-order valence-corrected chi connectivity index (χ3v) is 5.72. The summed E-state index contributed by atoms with van der Waals surface area (Å²) in [6.45, 7) is 4.81. The van der Waals surface area contributed by atoms with Gasteiger partial charge in [0.2, 0.25) is 0 Å². The number of sulfone groups is 1. The Morgan fingerprint density at radius 1 is 1.17 bits per heavy atom. The summed E-state index contributed by atoms with van der Waals surface area (Å²) in [6.07, 6.45) is 3.98. The third-order valence-electron chi connectivity index (χ3n) is 4.79. The fourth-order valence-corrected chi connectivity index (χ4v) is 3.72. The van der Waals surface area contributed by atoms with Gasteiger partial charge in [0, 0.05) is 17.6 Å². The van der Waals surface area contributed by atoms with Crippen LogP contribution in [0, 0.1) is 11.8 Å². The molecule has 5 nitrogen and oxygen atoms in total. The maximum atomic E-state index is 11.4. The highest BCUT2D eigenvalue weighted by molar-refractivity contribution is 7.90. The molecule has 0 aliphatic heterocycles. The minimum Gasteiger partial charge on any atom is -0.489 e. The molecule has 0 saturated carbocycles. The Kier molecular flexibility index (Phi) is 6.60. The molecule has 0 aliphatic carbocycles. The van der Waals surface area contributed by atoms with Crippen molar-refractivity contribution in [2.75, 3.05) is 12.0 Å². The topological polar surface area (TPSA) is 61.2 Å². The number of fused-ring (bicyclic) bond motifs is 1. The summed E-state index contributed by atoms with van der Waals surface area (Å²) in [7, 11) is -3.02. The van der Waals surface area contributed by atoms with Crippen LogP contribution in [0.2, 0.25) is 0 Å². The van der Waals surface area contributed by atoms with Crippen LogP contribution in [0.15, 0.2) is 48.7 Å². The Morgan fingerprint density at radius 2 is 1.93 bits per heavy atom. The van der Waals surface area contributed by atoms with E-state index in [0.29, 0.717) is 13.2 Å². The molecule has 0 aliphatic rings. The van der Waals surface area contributed by atoms with Gasteiger partial charge in [-0.1, -0.05) is 31.0 Å². The summed E-state index contributed by atoms with van der Waals surface area (Å²) < 4.78 is 30.4. The van der Waals surface area contributed by atoms with Crippen molar-refractivity contribution < 1.29 is 13.2 Å². The van der Waals surface area contributed by atoms with E-state index < -0.39 is 9.84 Å². The van der Waals surface area contributed by atoms with Crippen molar-refractivity contribution in [1.82, 2.24) is 9.78 Å². The minimum absolute atomic E-state index is 0.0768. The molecule has 1 aromatic heterocycles. The molecule has 3 aromatic rings. The molecule has 0 spiro atoms. The van der Waals surface area contributed by atoms with Crippen molar-refractivity contribution in [3.63, 3.8) is 0 Å². The average Bonchev–Trinajstić information content (AvgIpc) is 3.11. The van der Waals surface area contributed by atoms with Crippen LogP contribution in [0.4, 0.5) is 0 Å². The van der Waals surface area contributed by atoms with Gasteiger partial charge in [-0.05, 0) is 48.7 Å². The van der Waals surface area contributed by atoms with Crippen LogP contribution in [0.25, 0.3) is 10.9 Å². The van der Waals surface area contributed by atoms with E-state index in [0.717, 1.165) is 28.6 Å². The molecule has 0 bridgehead atoms. The quantitative estimate of drug-likeness (QED) is 0.523. The summed E-state index contributed by atoms with van der Waals surface area (Å²) >= 11 is 0. The molecular formula is C23H26N2O3S. The Hall–Kier alpha value is -2.78. The van der Waals surface area contributed by atoms with Gasteiger partial charge in [0.15, 0.2) is 0 Å². The van der Waals surface area contributed by atoms with Crippen LogP contribution in [0.5, 0.6) is 5.75 Å². The molecule has 6 heteroatoms. The molecule has 152 valence electrons. The van der Waals surface area contributed by atoms with Crippen LogP contribution in [-0.4, -0.2) is 30.2 Å². The van der Waals surface area contributed by atoms with Crippen LogP contribution in [0.3, 0.4) is 0 Å². The molecule has 29 heavy (non-hydrogen) atoms. The lowest BCUT2D eigenvalue weighted by Crippen LogP contribution is -2.11. The molecule has 0 saturated heterocycles. The number of rotatable bonds is 8. The van der Waals surface area contributed by atoms with E-state index in [4.69, 9.17) is 4.74 Å². The standard InChI is InChI=1S/C23H26N2O3S/c1-4-6-19(5-2)20-8-10-22(11-9-20)28-17-18-7-12-23-21(15-18)16-24-25(23)13-14-29(3,26)27/h7-12,15-16,19H,5,13-14,17H2,1-3H3/t19-/m1/s1. The smallest absolute Gasteiger partial charge is 0.149 e. The fourth-order valence-electron chi connectivity index (χ4n) is 3.22. The lowest BCUT2D eigenvalue weighted by molar-refractivity contribution is 0.306. The number of hydrogen-bond acceptors (Lipinski definition) is 4. The van der Waals surface area contributed by atoms with Crippen LogP contribution in [0.1, 0.15) is 37.3 Å². The van der Waals surface area contributed by atoms with Crippen molar-refractivity contribution >= 4 is 20.7 Å². The lowest BCUT2D eigenvalue weighted by atomic mass is 9.97. The highest BCUT2D eigenvalue weighted by Crippen LogP contribution is 2.23.